The van der Waals surface area contributed by atoms with E-state index in [1.165, 1.54) is 4.90 Å². The van der Waals surface area contributed by atoms with E-state index in [0.717, 1.165) is 0 Å². The van der Waals surface area contributed by atoms with Gasteiger partial charge in [-0.1, -0.05) is 17.7 Å². The van der Waals surface area contributed by atoms with Gasteiger partial charge in [0.1, 0.15) is 29.9 Å². The number of morpholine rings is 1. The first-order valence-electron chi connectivity index (χ1n) is 10.5. The number of hydrogen-bond donors (Lipinski definition) is 1. The largest absolute Gasteiger partial charge is 0.491 e. The molecule has 0 saturated carbocycles. The highest BCUT2D eigenvalue weighted by atomic mass is 35.5. The molecule has 1 fully saturated rings. The van der Waals surface area contributed by atoms with E-state index in [1.54, 1.807) is 55.5 Å². The zero-order valence-electron chi connectivity index (χ0n) is 18.1. The third kappa shape index (κ3) is 7.37. The predicted octanol–water partition coefficient (Wildman–Crippen LogP) is 3.05. The normalized spacial score (nSPS) is 14.2. The van der Waals surface area contributed by atoms with Gasteiger partial charge in [0.2, 0.25) is 5.78 Å². The molecule has 0 aromatic heterocycles. The van der Waals surface area contributed by atoms with E-state index in [-0.39, 0.29) is 13.2 Å². The zero-order chi connectivity index (χ0) is 23.6. The average Bonchev–Trinajstić information content (AvgIpc) is 2.82. The van der Waals surface area contributed by atoms with Gasteiger partial charge < -0.3 is 29.2 Å². The molecule has 0 bridgehead atoms. The lowest BCUT2D eigenvalue weighted by atomic mass is 10.1. The topological polar surface area (TPSA) is 103 Å². The number of hydrogen-bond acceptors (Lipinski definition) is 7. The van der Waals surface area contributed by atoms with Gasteiger partial charge in [-0.3, -0.25) is 9.59 Å². The van der Waals surface area contributed by atoms with E-state index in [2.05, 4.69) is 5.32 Å². The van der Waals surface area contributed by atoms with Gasteiger partial charge in [0.15, 0.2) is 0 Å². The molecular formula is C23H25ClN2O7. The Kier molecular flexibility index (Phi) is 8.91. The molecule has 33 heavy (non-hydrogen) atoms. The Bertz CT molecular complexity index is 962. The number of ether oxygens (including phenoxy) is 4. The van der Waals surface area contributed by atoms with Crippen LogP contribution in [0.4, 0.5) is 4.79 Å². The first-order chi connectivity index (χ1) is 16.0. The molecule has 1 aliphatic rings. The SMILES string of the molecule is CCOC(=O)NC(COc1ccc(Oc2cccc(Cl)c2)cc1)C(=O)C(=O)N1CCOCC1. The summed E-state index contributed by atoms with van der Waals surface area (Å²) in [6.45, 7) is 2.85. The molecular weight excluding hydrogens is 452 g/mol. The van der Waals surface area contributed by atoms with E-state index in [9.17, 15) is 14.4 Å². The number of nitrogens with zero attached hydrogens (tertiary/aromatic N) is 1. The number of alkyl carbamates (subject to hydrolysis) is 1. The summed E-state index contributed by atoms with van der Waals surface area (Å²) in [5.74, 6) is 0.0852. The fraction of sp³-hybridized carbons (Fsp3) is 0.348. The number of ketones is 1. The Balaban J connectivity index is 1.62. The third-order valence-corrected chi connectivity index (χ3v) is 4.90. The molecule has 3 rings (SSSR count). The Morgan fingerprint density at radius 3 is 2.42 bits per heavy atom. The molecule has 9 nitrogen and oxygen atoms in total. The predicted molar refractivity (Wildman–Crippen MR) is 120 cm³/mol. The summed E-state index contributed by atoms with van der Waals surface area (Å²) >= 11 is 5.96. The van der Waals surface area contributed by atoms with E-state index < -0.39 is 23.8 Å². The van der Waals surface area contributed by atoms with Crippen LogP contribution < -0.4 is 14.8 Å². The number of amides is 2. The van der Waals surface area contributed by atoms with E-state index in [0.29, 0.717) is 48.6 Å². The van der Waals surface area contributed by atoms with Crippen LogP contribution >= 0.6 is 11.6 Å². The summed E-state index contributed by atoms with van der Waals surface area (Å²) < 4.78 is 21.5. The number of benzene rings is 2. The lowest BCUT2D eigenvalue weighted by molar-refractivity contribution is -0.148. The third-order valence-electron chi connectivity index (χ3n) is 4.67. The summed E-state index contributed by atoms with van der Waals surface area (Å²) in [5, 5.41) is 2.96. The lowest BCUT2D eigenvalue weighted by Gasteiger charge is -2.27. The van der Waals surface area contributed by atoms with E-state index in [4.69, 9.17) is 30.5 Å². The van der Waals surface area contributed by atoms with Gasteiger partial charge >= 0.3 is 6.09 Å². The highest BCUT2D eigenvalue weighted by Crippen LogP contribution is 2.25. The summed E-state index contributed by atoms with van der Waals surface area (Å²) in [6.07, 6.45) is -0.806. The molecule has 10 heteroatoms. The maximum Gasteiger partial charge on any atom is 0.407 e. The van der Waals surface area contributed by atoms with Gasteiger partial charge in [0.05, 0.1) is 19.8 Å². The lowest BCUT2D eigenvalue weighted by Crippen LogP contribution is -2.53. The summed E-state index contributed by atoms with van der Waals surface area (Å²) in [6, 6.07) is 12.5. The fourth-order valence-corrected chi connectivity index (χ4v) is 3.20. The number of carbonyl (C=O) groups is 3. The van der Waals surface area contributed by atoms with Crippen LogP contribution in [0.5, 0.6) is 17.2 Å². The second kappa shape index (κ2) is 12.1. The first-order valence-corrected chi connectivity index (χ1v) is 10.8. The molecule has 2 aromatic carbocycles. The van der Waals surface area contributed by atoms with Gasteiger partial charge in [-0.2, -0.15) is 0 Å². The van der Waals surface area contributed by atoms with Gasteiger partial charge in [-0.25, -0.2) is 4.79 Å². The Morgan fingerprint density at radius 1 is 1.06 bits per heavy atom. The number of halogens is 1. The maximum absolute atomic E-state index is 12.8. The molecule has 1 heterocycles. The first kappa shape index (κ1) is 24.3. The van der Waals surface area contributed by atoms with E-state index in [1.807, 2.05) is 0 Å². The monoisotopic (exact) mass is 476 g/mol. The molecule has 0 aliphatic carbocycles. The highest BCUT2D eigenvalue weighted by Gasteiger charge is 2.32. The quantitative estimate of drug-likeness (QED) is 0.555. The molecule has 1 aliphatic heterocycles. The number of nitrogens with one attached hydrogen (secondary N) is 1. The van der Waals surface area contributed by atoms with Crippen LogP contribution in [-0.2, 0) is 19.1 Å². The van der Waals surface area contributed by atoms with Crippen molar-refractivity contribution in [1.82, 2.24) is 10.2 Å². The minimum Gasteiger partial charge on any atom is -0.491 e. The van der Waals surface area contributed by atoms with E-state index >= 15 is 0 Å². The van der Waals surface area contributed by atoms with Crippen molar-refractivity contribution in [2.45, 2.75) is 13.0 Å². The zero-order valence-corrected chi connectivity index (χ0v) is 18.9. The van der Waals surface area contributed by atoms with Crippen molar-refractivity contribution in [3.63, 3.8) is 0 Å². The summed E-state index contributed by atoms with van der Waals surface area (Å²) in [5.41, 5.74) is 0. The van der Waals surface area contributed by atoms with Crippen LogP contribution in [0.15, 0.2) is 48.5 Å². The van der Waals surface area contributed by atoms with Crippen LogP contribution in [0.2, 0.25) is 5.02 Å². The van der Waals surface area contributed by atoms with Crippen LogP contribution in [-0.4, -0.2) is 68.2 Å². The molecule has 0 spiro atoms. The highest BCUT2D eigenvalue weighted by molar-refractivity contribution is 6.38. The molecule has 176 valence electrons. The molecule has 1 unspecified atom stereocenters. The Hall–Kier alpha value is -3.30. The summed E-state index contributed by atoms with van der Waals surface area (Å²) in [4.78, 5) is 38.6. The molecule has 1 saturated heterocycles. The van der Waals surface area contributed by atoms with Crippen molar-refractivity contribution in [1.29, 1.82) is 0 Å². The average molecular weight is 477 g/mol. The minimum absolute atomic E-state index is 0.124. The van der Waals surface area contributed by atoms with Crippen molar-refractivity contribution in [2.75, 3.05) is 39.5 Å². The van der Waals surface area contributed by atoms with Crippen molar-refractivity contribution in [2.24, 2.45) is 0 Å². The summed E-state index contributed by atoms with van der Waals surface area (Å²) in [7, 11) is 0. The minimum atomic E-state index is -1.21. The van der Waals surface area contributed by atoms with Crippen molar-refractivity contribution >= 4 is 29.4 Å². The fourth-order valence-electron chi connectivity index (χ4n) is 3.02. The molecule has 2 aromatic rings. The number of carbonyl (C=O) groups excluding carboxylic acids is 3. The molecule has 1 N–H and O–H groups in total. The van der Waals surface area contributed by atoms with Gasteiger partial charge in [-0.05, 0) is 49.4 Å². The van der Waals surface area contributed by atoms with Crippen molar-refractivity contribution < 1.29 is 33.3 Å². The number of rotatable bonds is 9. The smallest absolute Gasteiger partial charge is 0.407 e. The van der Waals surface area contributed by atoms with Gasteiger partial charge in [0, 0.05) is 18.1 Å². The second-order valence-corrected chi connectivity index (χ2v) is 7.46. The number of Topliss-reactive ketones (excluding diaryl/α,β-unsaturated/α-hetero) is 1. The van der Waals surface area contributed by atoms with Crippen LogP contribution in [0.25, 0.3) is 0 Å². The Morgan fingerprint density at radius 2 is 1.76 bits per heavy atom. The van der Waals surface area contributed by atoms with Crippen molar-refractivity contribution in [3.05, 3.63) is 53.6 Å². The van der Waals surface area contributed by atoms with Crippen molar-refractivity contribution in [3.8, 4) is 17.2 Å². The molecule has 1 atom stereocenters. The Labute approximate surface area is 196 Å². The molecule has 2 amide bonds. The van der Waals surface area contributed by atoms with Gasteiger partial charge in [0.25, 0.3) is 5.91 Å². The molecule has 0 radical (unpaired) electrons. The standard InChI is InChI=1S/C23H25ClN2O7/c1-2-31-23(29)25-20(21(27)22(28)26-10-12-30-13-11-26)15-32-17-6-8-18(9-7-17)33-19-5-3-4-16(24)14-19/h3-9,14,20H,2,10-13,15H2,1H3,(H,25,29). The maximum atomic E-state index is 12.8. The van der Waals surface area contributed by atoms with Crippen LogP contribution in [0.3, 0.4) is 0 Å². The van der Waals surface area contributed by atoms with Gasteiger partial charge in [-0.15, -0.1) is 0 Å². The van der Waals surface area contributed by atoms with Crippen LogP contribution in [0, 0.1) is 0 Å². The second-order valence-electron chi connectivity index (χ2n) is 7.03. The van der Waals surface area contributed by atoms with Crippen LogP contribution in [0.1, 0.15) is 6.92 Å².